The molecule has 0 aliphatic rings. The molecule has 0 aliphatic carbocycles. The van der Waals surface area contributed by atoms with Gasteiger partial charge in [-0.25, -0.2) is 15.2 Å². The van der Waals surface area contributed by atoms with E-state index in [2.05, 4.69) is 10.4 Å². The van der Waals surface area contributed by atoms with Crippen LogP contribution in [0.2, 0.25) is 5.02 Å². The Balaban J connectivity index is 2.38. The van der Waals surface area contributed by atoms with Crippen LogP contribution >= 0.6 is 11.6 Å². The van der Waals surface area contributed by atoms with Gasteiger partial charge in [0.25, 0.3) is 0 Å². The van der Waals surface area contributed by atoms with Crippen molar-refractivity contribution in [2.75, 3.05) is 5.43 Å². The third kappa shape index (κ3) is 2.19. The van der Waals surface area contributed by atoms with Gasteiger partial charge in [0.15, 0.2) is 0 Å². The SMILES string of the molecule is NNc1cc(-c2ccccc2Cl)c2cc(F)ccc2n1. The number of nitrogens with zero attached hydrogens (tertiary/aromatic N) is 1. The van der Waals surface area contributed by atoms with Gasteiger partial charge in [-0.1, -0.05) is 29.8 Å². The molecule has 1 aromatic heterocycles. The van der Waals surface area contributed by atoms with Crippen LogP contribution in [0.3, 0.4) is 0 Å². The Morgan fingerprint density at radius 2 is 1.85 bits per heavy atom. The van der Waals surface area contributed by atoms with E-state index < -0.39 is 0 Å². The Bertz CT molecular complexity index is 789. The van der Waals surface area contributed by atoms with Crippen LogP contribution in [0, 0.1) is 5.82 Å². The monoisotopic (exact) mass is 287 g/mol. The van der Waals surface area contributed by atoms with Gasteiger partial charge in [-0.05, 0) is 35.9 Å². The first-order valence-electron chi connectivity index (χ1n) is 6.01. The third-order valence-electron chi connectivity index (χ3n) is 3.08. The number of hydrogen-bond donors (Lipinski definition) is 2. The minimum absolute atomic E-state index is 0.318. The summed E-state index contributed by atoms with van der Waals surface area (Å²) in [5.74, 6) is 5.62. The van der Waals surface area contributed by atoms with Gasteiger partial charge in [0.2, 0.25) is 0 Å². The van der Waals surface area contributed by atoms with Gasteiger partial charge in [-0.2, -0.15) is 0 Å². The molecule has 2 aromatic carbocycles. The maximum absolute atomic E-state index is 13.5. The summed E-state index contributed by atoms with van der Waals surface area (Å²) in [4.78, 5) is 4.30. The van der Waals surface area contributed by atoms with Crippen molar-refractivity contribution in [1.29, 1.82) is 0 Å². The third-order valence-corrected chi connectivity index (χ3v) is 3.41. The molecule has 0 amide bonds. The number of fused-ring (bicyclic) bond motifs is 1. The van der Waals surface area contributed by atoms with Crippen molar-refractivity contribution in [1.82, 2.24) is 4.98 Å². The van der Waals surface area contributed by atoms with Gasteiger partial charge < -0.3 is 5.43 Å². The molecule has 3 aromatic rings. The molecule has 0 bridgehead atoms. The minimum atomic E-state index is -0.318. The summed E-state index contributed by atoms with van der Waals surface area (Å²) in [6.45, 7) is 0. The number of pyridine rings is 1. The quantitative estimate of drug-likeness (QED) is 0.554. The molecule has 20 heavy (non-hydrogen) atoms. The first-order valence-corrected chi connectivity index (χ1v) is 6.38. The fourth-order valence-electron chi connectivity index (χ4n) is 2.17. The van der Waals surface area contributed by atoms with Crippen molar-refractivity contribution in [2.45, 2.75) is 0 Å². The smallest absolute Gasteiger partial charge is 0.141 e. The molecule has 5 heteroatoms. The highest BCUT2D eigenvalue weighted by atomic mass is 35.5. The van der Waals surface area contributed by atoms with Gasteiger partial charge in [0.05, 0.1) is 5.52 Å². The van der Waals surface area contributed by atoms with Gasteiger partial charge in [0, 0.05) is 16.0 Å². The topological polar surface area (TPSA) is 50.9 Å². The molecule has 0 unspecified atom stereocenters. The van der Waals surface area contributed by atoms with Crippen LogP contribution in [0.4, 0.5) is 10.2 Å². The van der Waals surface area contributed by atoms with Gasteiger partial charge in [0.1, 0.15) is 11.6 Å². The van der Waals surface area contributed by atoms with Crippen LogP contribution in [-0.2, 0) is 0 Å². The number of hydrazine groups is 1. The number of halogens is 2. The van der Waals surface area contributed by atoms with E-state index in [4.69, 9.17) is 17.4 Å². The van der Waals surface area contributed by atoms with Crippen molar-refractivity contribution in [3.63, 3.8) is 0 Å². The maximum Gasteiger partial charge on any atom is 0.141 e. The molecule has 0 saturated heterocycles. The van der Waals surface area contributed by atoms with Crippen LogP contribution in [0.15, 0.2) is 48.5 Å². The highest BCUT2D eigenvalue weighted by Crippen LogP contribution is 2.34. The molecule has 1 heterocycles. The second kappa shape index (κ2) is 5.07. The largest absolute Gasteiger partial charge is 0.308 e. The van der Waals surface area contributed by atoms with Gasteiger partial charge in [-0.15, -0.1) is 0 Å². The van der Waals surface area contributed by atoms with E-state index in [1.165, 1.54) is 12.1 Å². The lowest BCUT2D eigenvalue weighted by Crippen LogP contribution is -2.08. The normalized spacial score (nSPS) is 10.8. The summed E-state index contributed by atoms with van der Waals surface area (Å²) in [7, 11) is 0. The first-order chi connectivity index (χ1) is 9.69. The number of nitrogens with two attached hydrogens (primary N) is 1. The molecule has 3 N–H and O–H groups in total. The van der Waals surface area contributed by atoms with E-state index in [0.29, 0.717) is 21.7 Å². The Morgan fingerprint density at radius 1 is 1.05 bits per heavy atom. The summed E-state index contributed by atoms with van der Waals surface area (Å²) in [5.41, 5.74) is 4.76. The van der Waals surface area contributed by atoms with Crippen molar-refractivity contribution in [3.8, 4) is 11.1 Å². The molecule has 0 fully saturated rings. The summed E-state index contributed by atoms with van der Waals surface area (Å²) < 4.78 is 13.5. The van der Waals surface area contributed by atoms with E-state index in [1.54, 1.807) is 18.2 Å². The predicted octanol–water partition coefficient (Wildman–Crippen LogP) is 3.98. The van der Waals surface area contributed by atoms with E-state index in [-0.39, 0.29) is 5.82 Å². The maximum atomic E-state index is 13.5. The highest BCUT2D eigenvalue weighted by molar-refractivity contribution is 6.33. The van der Waals surface area contributed by atoms with E-state index in [1.807, 2.05) is 18.2 Å². The standard InChI is InChI=1S/C15H11ClFN3/c16-13-4-2-1-3-10(13)11-8-15(20-18)19-14-6-5-9(17)7-12(11)14/h1-8H,18H2,(H,19,20). The first kappa shape index (κ1) is 12.8. The van der Waals surface area contributed by atoms with Crippen LogP contribution in [-0.4, -0.2) is 4.98 Å². The van der Waals surface area contributed by atoms with Crippen LogP contribution in [0.25, 0.3) is 22.0 Å². The van der Waals surface area contributed by atoms with Crippen molar-refractivity contribution >= 4 is 28.3 Å². The van der Waals surface area contributed by atoms with Crippen molar-refractivity contribution in [3.05, 3.63) is 59.4 Å². The number of aromatic nitrogens is 1. The van der Waals surface area contributed by atoms with E-state index in [9.17, 15) is 4.39 Å². The average Bonchev–Trinajstić information content (AvgIpc) is 2.47. The van der Waals surface area contributed by atoms with E-state index in [0.717, 1.165) is 11.1 Å². The van der Waals surface area contributed by atoms with Crippen molar-refractivity contribution in [2.24, 2.45) is 5.84 Å². The zero-order valence-corrected chi connectivity index (χ0v) is 11.2. The molecular weight excluding hydrogens is 277 g/mol. The molecule has 0 saturated carbocycles. The van der Waals surface area contributed by atoms with Gasteiger partial charge in [-0.3, -0.25) is 0 Å². The second-order valence-corrected chi connectivity index (χ2v) is 4.75. The fourth-order valence-corrected chi connectivity index (χ4v) is 2.41. The Kier molecular flexibility index (Phi) is 3.26. The average molecular weight is 288 g/mol. The summed E-state index contributed by atoms with van der Waals surface area (Å²) in [6, 6.07) is 13.6. The Morgan fingerprint density at radius 3 is 2.60 bits per heavy atom. The molecule has 0 atom stereocenters. The summed E-state index contributed by atoms with van der Waals surface area (Å²) in [6.07, 6.45) is 0. The van der Waals surface area contributed by atoms with Crippen LogP contribution in [0.5, 0.6) is 0 Å². The molecule has 0 aliphatic heterocycles. The van der Waals surface area contributed by atoms with Crippen LogP contribution < -0.4 is 11.3 Å². The Hall–Kier alpha value is -2.17. The zero-order chi connectivity index (χ0) is 14.1. The number of rotatable bonds is 2. The molecule has 3 rings (SSSR count). The number of nitrogens with one attached hydrogen (secondary N) is 1. The fraction of sp³-hybridized carbons (Fsp3) is 0. The second-order valence-electron chi connectivity index (χ2n) is 4.34. The number of anilines is 1. The molecule has 0 radical (unpaired) electrons. The minimum Gasteiger partial charge on any atom is -0.308 e. The van der Waals surface area contributed by atoms with Crippen LogP contribution in [0.1, 0.15) is 0 Å². The predicted molar refractivity (Wildman–Crippen MR) is 80.0 cm³/mol. The van der Waals surface area contributed by atoms with E-state index >= 15 is 0 Å². The lowest BCUT2D eigenvalue weighted by Gasteiger charge is -2.11. The number of benzene rings is 2. The lowest BCUT2D eigenvalue weighted by atomic mass is 10.0. The lowest BCUT2D eigenvalue weighted by molar-refractivity contribution is 0.629. The molecule has 100 valence electrons. The summed E-state index contributed by atoms with van der Waals surface area (Å²) >= 11 is 6.23. The van der Waals surface area contributed by atoms with Gasteiger partial charge >= 0.3 is 0 Å². The molecule has 3 nitrogen and oxygen atoms in total. The van der Waals surface area contributed by atoms with Crippen molar-refractivity contribution < 1.29 is 4.39 Å². The summed E-state index contributed by atoms with van der Waals surface area (Å²) in [5, 5.41) is 1.28. The number of nitrogen functional groups attached to an aromatic ring is 1. The highest BCUT2D eigenvalue weighted by Gasteiger charge is 2.11. The Labute approximate surface area is 120 Å². The molecular formula is C15H11ClFN3. The zero-order valence-electron chi connectivity index (χ0n) is 10.4. The number of hydrogen-bond acceptors (Lipinski definition) is 3. The molecule has 0 spiro atoms.